The van der Waals surface area contributed by atoms with Gasteiger partial charge in [-0.05, 0) is 101 Å². The summed E-state index contributed by atoms with van der Waals surface area (Å²) in [4.78, 5) is 28.9. The molecule has 8 nitrogen and oxygen atoms in total. The molecule has 0 spiro atoms. The van der Waals surface area contributed by atoms with Gasteiger partial charge in [-0.3, -0.25) is 13.9 Å². The second kappa shape index (κ2) is 14.3. The zero-order valence-corrected chi connectivity index (χ0v) is 28.4. The number of sulfonamides is 1. The van der Waals surface area contributed by atoms with Gasteiger partial charge in [0.25, 0.3) is 10.0 Å². The molecule has 0 unspecified atom stereocenters. The van der Waals surface area contributed by atoms with Crippen LogP contribution in [0.3, 0.4) is 0 Å². The summed E-state index contributed by atoms with van der Waals surface area (Å²) < 4.78 is 36.1. The number of benzene rings is 4. The maximum Gasteiger partial charge on any atom is 0.264 e. The topological polar surface area (TPSA) is 96.0 Å². The Bertz CT molecular complexity index is 1700. The van der Waals surface area contributed by atoms with Crippen molar-refractivity contribution in [1.29, 1.82) is 0 Å². The number of halogens is 1. The fourth-order valence-electron chi connectivity index (χ4n) is 4.51. The molecule has 0 saturated carbocycles. The van der Waals surface area contributed by atoms with Gasteiger partial charge in [-0.2, -0.15) is 0 Å². The molecule has 0 heterocycles. The van der Waals surface area contributed by atoms with Gasteiger partial charge in [-0.25, -0.2) is 8.42 Å². The summed E-state index contributed by atoms with van der Waals surface area (Å²) in [6.45, 7) is 8.67. The molecule has 0 radical (unpaired) electrons. The summed E-state index contributed by atoms with van der Waals surface area (Å²) in [5, 5.41) is 2.94. The second-order valence-electron chi connectivity index (χ2n) is 11.8. The van der Waals surface area contributed by atoms with Crippen LogP contribution in [0.15, 0.2) is 112 Å². The van der Waals surface area contributed by atoms with E-state index in [-0.39, 0.29) is 23.0 Å². The lowest BCUT2D eigenvalue weighted by atomic mass is 10.1. The van der Waals surface area contributed by atoms with Gasteiger partial charge in [0, 0.05) is 16.6 Å². The normalized spacial score (nSPS) is 12.2. The number of amides is 2. The van der Waals surface area contributed by atoms with E-state index in [2.05, 4.69) is 21.2 Å². The lowest BCUT2D eigenvalue weighted by molar-refractivity contribution is -0.140. The first-order valence-electron chi connectivity index (χ1n) is 14.5. The summed E-state index contributed by atoms with van der Waals surface area (Å²) >= 11 is 3.43. The molecule has 0 aliphatic heterocycles. The van der Waals surface area contributed by atoms with E-state index in [0.717, 1.165) is 19.9 Å². The molecule has 0 fully saturated rings. The van der Waals surface area contributed by atoms with Crippen molar-refractivity contribution >= 4 is 43.5 Å². The third kappa shape index (κ3) is 9.18. The average Bonchev–Trinajstić information content (AvgIpc) is 2.99. The van der Waals surface area contributed by atoms with Gasteiger partial charge < -0.3 is 15.0 Å². The molecule has 0 saturated heterocycles. The molecule has 236 valence electrons. The smallest absolute Gasteiger partial charge is 0.264 e. The maximum atomic E-state index is 14.2. The molecular formula is C35H38BrN3O5S. The molecular weight excluding hydrogens is 654 g/mol. The number of carbonyl (C=O) groups is 2. The summed E-state index contributed by atoms with van der Waals surface area (Å²) in [6.07, 6.45) is 0. The Morgan fingerprint density at radius 2 is 1.42 bits per heavy atom. The van der Waals surface area contributed by atoms with Crippen LogP contribution in [0, 0.1) is 6.92 Å². The molecule has 1 atom stereocenters. The number of hydrogen-bond acceptors (Lipinski definition) is 5. The summed E-state index contributed by atoms with van der Waals surface area (Å²) in [5.74, 6) is 0.266. The number of anilines is 1. The number of hydrogen-bond donors (Lipinski definition) is 1. The number of rotatable bonds is 11. The van der Waals surface area contributed by atoms with E-state index < -0.39 is 34.1 Å². The molecule has 0 bridgehead atoms. The van der Waals surface area contributed by atoms with Crippen LogP contribution in [-0.4, -0.2) is 43.3 Å². The number of para-hydroxylation sites is 1. The van der Waals surface area contributed by atoms with E-state index in [9.17, 15) is 18.0 Å². The zero-order chi connectivity index (χ0) is 32.8. The van der Waals surface area contributed by atoms with Gasteiger partial charge in [0.1, 0.15) is 24.1 Å². The number of nitrogens with zero attached hydrogens (tertiary/aromatic N) is 2. The Kier molecular flexibility index (Phi) is 10.7. The van der Waals surface area contributed by atoms with Crippen LogP contribution in [-0.2, 0) is 26.2 Å². The Balaban J connectivity index is 1.71. The van der Waals surface area contributed by atoms with E-state index in [1.54, 1.807) is 43.3 Å². The lowest BCUT2D eigenvalue weighted by Gasteiger charge is -2.33. The molecule has 1 N–H and O–H groups in total. The van der Waals surface area contributed by atoms with Crippen LogP contribution < -0.4 is 14.4 Å². The predicted octanol–water partition coefficient (Wildman–Crippen LogP) is 7.08. The highest BCUT2D eigenvalue weighted by Gasteiger charge is 2.33. The summed E-state index contributed by atoms with van der Waals surface area (Å²) in [7, 11) is -4.19. The van der Waals surface area contributed by atoms with Gasteiger partial charge >= 0.3 is 0 Å². The molecule has 45 heavy (non-hydrogen) atoms. The van der Waals surface area contributed by atoms with Gasteiger partial charge in [0.15, 0.2) is 0 Å². The third-order valence-electron chi connectivity index (χ3n) is 6.92. The van der Waals surface area contributed by atoms with Crippen molar-refractivity contribution in [3.63, 3.8) is 0 Å². The fourth-order valence-corrected chi connectivity index (χ4v) is 6.19. The molecule has 0 aliphatic carbocycles. The minimum atomic E-state index is -4.19. The van der Waals surface area contributed by atoms with Crippen molar-refractivity contribution in [3.8, 4) is 11.5 Å². The Morgan fingerprint density at radius 3 is 2.00 bits per heavy atom. The highest BCUT2D eigenvalue weighted by atomic mass is 79.9. The molecule has 4 aromatic rings. The predicted molar refractivity (Wildman–Crippen MR) is 181 cm³/mol. The van der Waals surface area contributed by atoms with E-state index >= 15 is 0 Å². The van der Waals surface area contributed by atoms with Crippen LogP contribution >= 0.6 is 15.9 Å². The standard InChI is InChI=1S/C35H38BrN3O5S/c1-25-11-21-32(22-12-25)45(42,43)39(29-17-19-31(20-18-29)44-30-9-7-6-8-10-30)24-33(40)38(23-27-13-15-28(36)16-14-27)26(2)34(41)37-35(3,4)5/h6-22,26H,23-24H2,1-5H3,(H,37,41)/t26-/m0/s1. The highest BCUT2D eigenvalue weighted by Crippen LogP contribution is 2.29. The van der Waals surface area contributed by atoms with Crippen LogP contribution in [0.4, 0.5) is 5.69 Å². The van der Waals surface area contributed by atoms with Gasteiger partial charge in [-0.1, -0.05) is 64.0 Å². The monoisotopic (exact) mass is 691 g/mol. The maximum absolute atomic E-state index is 14.2. The summed E-state index contributed by atoms with van der Waals surface area (Å²) in [6, 6.07) is 28.7. The Hall–Kier alpha value is -4.15. The first kappa shape index (κ1) is 33.7. The SMILES string of the molecule is Cc1ccc(S(=O)(=O)N(CC(=O)N(Cc2ccc(Br)cc2)[C@@H](C)C(=O)NC(C)(C)C)c2ccc(Oc3ccccc3)cc2)cc1. The minimum Gasteiger partial charge on any atom is -0.457 e. The summed E-state index contributed by atoms with van der Waals surface area (Å²) in [5.41, 5.74) is 1.44. The molecule has 0 aromatic heterocycles. The van der Waals surface area contributed by atoms with Crippen LogP contribution in [0.2, 0.25) is 0 Å². The van der Waals surface area contributed by atoms with Crippen molar-refractivity contribution in [1.82, 2.24) is 10.2 Å². The molecule has 0 aliphatic rings. The van der Waals surface area contributed by atoms with Gasteiger partial charge in [0.05, 0.1) is 10.6 Å². The van der Waals surface area contributed by atoms with E-state index in [1.165, 1.54) is 17.0 Å². The number of carbonyl (C=O) groups excluding carboxylic acids is 2. The average molecular weight is 693 g/mol. The zero-order valence-electron chi connectivity index (χ0n) is 26.0. The molecule has 4 aromatic carbocycles. The lowest BCUT2D eigenvalue weighted by Crippen LogP contribution is -2.54. The quantitative estimate of drug-likeness (QED) is 0.181. The van der Waals surface area contributed by atoms with Crippen molar-refractivity contribution in [2.45, 2.75) is 57.6 Å². The number of nitrogens with one attached hydrogen (secondary N) is 1. The van der Waals surface area contributed by atoms with E-state index in [4.69, 9.17) is 4.74 Å². The van der Waals surface area contributed by atoms with E-state index in [1.807, 2.05) is 82.3 Å². The number of aryl methyl sites for hydroxylation is 1. The van der Waals surface area contributed by atoms with Crippen molar-refractivity contribution in [2.75, 3.05) is 10.8 Å². The Morgan fingerprint density at radius 1 is 0.844 bits per heavy atom. The van der Waals surface area contributed by atoms with Crippen molar-refractivity contribution in [3.05, 3.63) is 119 Å². The highest BCUT2D eigenvalue weighted by molar-refractivity contribution is 9.10. The first-order valence-corrected chi connectivity index (χ1v) is 16.7. The van der Waals surface area contributed by atoms with Crippen LogP contribution in [0.1, 0.15) is 38.8 Å². The van der Waals surface area contributed by atoms with Crippen LogP contribution in [0.5, 0.6) is 11.5 Å². The molecule has 10 heteroatoms. The van der Waals surface area contributed by atoms with Crippen LogP contribution in [0.25, 0.3) is 0 Å². The fraction of sp³-hybridized carbons (Fsp3) is 0.257. The number of ether oxygens (including phenoxy) is 1. The third-order valence-corrected chi connectivity index (χ3v) is 9.24. The molecule has 4 rings (SSSR count). The van der Waals surface area contributed by atoms with Crippen molar-refractivity contribution in [2.24, 2.45) is 0 Å². The second-order valence-corrected chi connectivity index (χ2v) is 14.6. The van der Waals surface area contributed by atoms with Crippen molar-refractivity contribution < 1.29 is 22.7 Å². The van der Waals surface area contributed by atoms with Gasteiger partial charge in [0.2, 0.25) is 11.8 Å². The Labute approximate surface area is 274 Å². The first-order chi connectivity index (χ1) is 21.2. The van der Waals surface area contributed by atoms with E-state index in [0.29, 0.717) is 11.5 Å². The molecule has 2 amide bonds. The van der Waals surface area contributed by atoms with Gasteiger partial charge in [-0.15, -0.1) is 0 Å². The minimum absolute atomic E-state index is 0.0449. The largest absolute Gasteiger partial charge is 0.457 e.